The van der Waals surface area contributed by atoms with Gasteiger partial charge in [-0.3, -0.25) is 9.59 Å². The van der Waals surface area contributed by atoms with Crippen molar-refractivity contribution in [1.82, 2.24) is 5.32 Å². The summed E-state index contributed by atoms with van der Waals surface area (Å²) in [5.74, 6) is -0.153. The van der Waals surface area contributed by atoms with Crippen LogP contribution in [0, 0.1) is 0 Å². The van der Waals surface area contributed by atoms with Crippen molar-refractivity contribution in [1.29, 1.82) is 0 Å². The maximum absolute atomic E-state index is 11.7. The first-order chi connectivity index (χ1) is 8.20. The number of benzene rings is 1. The molecule has 0 unspecified atom stereocenters. The van der Waals surface area contributed by atoms with Crippen molar-refractivity contribution in [2.45, 2.75) is 12.8 Å². The molecule has 2 amide bonds. The quantitative estimate of drug-likeness (QED) is 0.608. The molecule has 0 bridgehead atoms. The highest BCUT2D eigenvalue weighted by atomic mass is 16.2. The summed E-state index contributed by atoms with van der Waals surface area (Å²) in [6.45, 7) is 4.16. The van der Waals surface area contributed by atoms with Gasteiger partial charge in [-0.1, -0.05) is 12.1 Å². The Hall–Kier alpha value is -2.10. The number of fused-ring (bicyclic) bond motifs is 1. The van der Waals surface area contributed by atoms with Gasteiger partial charge in [-0.25, -0.2) is 0 Å². The number of carbonyl (C=O) groups excluding carboxylic acids is 2. The van der Waals surface area contributed by atoms with Crippen LogP contribution in [0.25, 0.3) is 0 Å². The molecule has 0 aromatic heterocycles. The Morgan fingerprint density at radius 2 is 2.35 bits per heavy atom. The normalized spacial score (nSPS) is 12.8. The predicted molar refractivity (Wildman–Crippen MR) is 65.9 cm³/mol. The minimum absolute atomic E-state index is 0.0239. The number of anilines is 1. The molecule has 1 aromatic carbocycles. The molecule has 1 aliphatic heterocycles. The van der Waals surface area contributed by atoms with Gasteiger partial charge in [0, 0.05) is 17.8 Å². The van der Waals surface area contributed by atoms with Gasteiger partial charge in [-0.15, -0.1) is 6.58 Å². The Labute approximate surface area is 99.7 Å². The van der Waals surface area contributed by atoms with Crippen molar-refractivity contribution in [3.05, 3.63) is 42.0 Å². The summed E-state index contributed by atoms with van der Waals surface area (Å²) in [6.07, 6.45) is 2.89. The van der Waals surface area contributed by atoms with Crippen molar-refractivity contribution >= 4 is 17.5 Å². The molecule has 0 aliphatic carbocycles. The average Bonchev–Trinajstić information content (AvgIpc) is 2.68. The number of rotatable bonds is 4. The third-order valence-electron chi connectivity index (χ3n) is 2.63. The fraction of sp³-hybridized carbons (Fsp3) is 0.231. The van der Waals surface area contributed by atoms with E-state index < -0.39 is 0 Å². The van der Waals surface area contributed by atoms with Crippen LogP contribution in [-0.2, 0) is 11.2 Å². The van der Waals surface area contributed by atoms with Gasteiger partial charge in [-0.05, 0) is 24.1 Å². The Bertz CT molecular complexity index is 480. The van der Waals surface area contributed by atoms with E-state index >= 15 is 0 Å². The number of nitrogens with one attached hydrogen (secondary N) is 2. The monoisotopic (exact) mass is 230 g/mol. The van der Waals surface area contributed by atoms with E-state index in [-0.39, 0.29) is 11.8 Å². The molecular formula is C13H14N2O2. The van der Waals surface area contributed by atoms with Gasteiger partial charge in [0.2, 0.25) is 5.91 Å². The molecule has 0 radical (unpaired) electrons. The van der Waals surface area contributed by atoms with E-state index in [0.717, 1.165) is 17.7 Å². The maximum atomic E-state index is 11.7. The van der Waals surface area contributed by atoms with Crippen LogP contribution in [-0.4, -0.2) is 18.4 Å². The topological polar surface area (TPSA) is 58.2 Å². The van der Waals surface area contributed by atoms with Crippen LogP contribution in [0.5, 0.6) is 0 Å². The zero-order valence-corrected chi connectivity index (χ0v) is 9.45. The lowest BCUT2D eigenvalue weighted by Crippen LogP contribution is -2.24. The van der Waals surface area contributed by atoms with Crippen molar-refractivity contribution in [3.63, 3.8) is 0 Å². The summed E-state index contributed by atoms with van der Waals surface area (Å²) in [4.78, 5) is 22.9. The molecule has 0 spiro atoms. The third-order valence-corrected chi connectivity index (χ3v) is 2.63. The average molecular weight is 230 g/mol. The highest BCUT2D eigenvalue weighted by Gasteiger charge is 2.18. The van der Waals surface area contributed by atoms with Crippen molar-refractivity contribution < 1.29 is 9.59 Å². The van der Waals surface area contributed by atoms with E-state index in [1.807, 2.05) is 6.07 Å². The molecule has 0 saturated carbocycles. The lowest BCUT2D eigenvalue weighted by Gasteiger charge is -2.05. The second-order valence-corrected chi connectivity index (χ2v) is 3.93. The summed E-state index contributed by atoms with van der Waals surface area (Å²) in [7, 11) is 0. The summed E-state index contributed by atoms with van der Waals surface area (Å²) in [5.41, 5.74) is 2.25. The molecule has 1 aliphatic rings. The van der Waals surface area contributed by atoms with E-state index in [1.54, 1.807) is 18.2 Å². The summed E-state index contributed by atoms with van der Waals surface area (Å²) >= 11 is 0. The standard InChI is InChI=1S/C13H14N2O2/c1-2-3-6-14-13(17)10-5-4-9-8-12(16)15-11(9)7-10/h2,4-5,7H,1,3,6,8H2,(H,14,17)(H,15,16). The number of hydrogen-bond acceptors (Lipinski definition) is 2. The third kappa shape index (κ3) is 2.53. The number of carbonyl (C=O) groups is 2. The van der Waals surface area contributed by atoms with Crippen molar-refractivity contribution in [2.24, 2.45) is 0 Å². The van der Waals surface area contributed by atoms with Crippen LogP contribution >= 0.6 is 0 Å². The van der Waals surface area contributed by atoms with Crippen molar-refractivity contribution in [2.75, 3.05) is 11.9 Å². The van der Waals surface area contributed by atoms with Crippen LogP contribution < -0.4 is 10.6 Å². The van der Waals surface area contributed by atoms with Gasteiger partial charge in [-0.2, -0.15) is 0 Å². The van der Waals surface area contributed by atoms with E-state index in [2.05, 4.69) is 17.2 Å². The highest BCUT2D eigenvalue weighted by molar-refractivity contribution is 6.02. The Morgan fingerprint density at radius 3 is 3.12 bits per heavy atom. The molecule has 2 rings (SSSR count). The molecule has 0 saturated heterocycles. The van der Waals surface area contributed by atoms with Crippen LogP contribution in [0.2, 0.25) is 0 Å². The molecule has 0 atom stereocenters. The number of amides is 2. The Kier molecular flexibility index (Phi) is 3.23. The fourth-order valence-electron chi connectivity index (χ4n) is 1.75. The largest absolute Gasteiger partial charge is 0.352 e. The minimum atomic E-state index is -0.129. The molecule has 88 valence electrons. The van der Waals surface area contributed by atoms with Crippen LogP contribution in [0.1, 0.15) is 22.3 Å². The lowest BCUT2D eigenvalue weighted by atomic mass is 10.1. The van der Waals surface area contributed by atoms with E-state index in [9.17, 15) is 9.59 Å². The second kappa shape index (κ2) is 4.82. The molecule has 0 fully saturated rings. The van der Waals surface area contributed by atoms with Crippen LogP contribution in [0.3, 0.4) is 0 Å². The molecule has 4 heteroatoms. The summed E-state index contributed by atoms with van der Waals surface area (Å²) in [5, 5.41) is 5.50. The Balaban J connectivity index is 2.07. The highest BCUT2D eigenvalue weighted by Crippen LogP contribution is 2.23. The first kappa shape index (κ1) is 11.4. The van der Waals surface area contributed by atoms with Gasteiger partial charge < -0.3 is 10.6 Å². The van der Waals surface area contributed by atoms with Gasteiger partial charge in [0.1, 0.15) is 0 Å². The first-order valence-corrected chi connectivity index (χ1v) is 5.52. The molecule has 1 heterocycles. The molecule has 2 N–H and O–H groups in total. The van der Waals surface area contributed by atoms with E-state index in [4.69, 9.17) is 0 Å². The Morgan fingerprint density at radius 1 is 1.53 bits per heavy atom. The van der Waals surface area contributed by atoms with E-state index in [1.165, 1.54) is 0 Å². The molecule has 17 heavy (non-hydrogen) atoms. The maximum Gasteiger partial charge on any atom is 0.251 e. The molecule has 1 aromatic rings. The summed E-state index contributed by atoms with van der Waals surface area (Å²) in [6, 6.07) is 5.27. The predicted octanol–water partition coefficient (Wildman–Crippen LogP) is 1.49. The van der Waals surface area contributed by atoms with Gasteiger partial charge in [0.25, 0.3) is 5.91 Å². The molecule has 4 nitrogen and oxygen atoms in total. The minimum Gasteiger partial charge on any atom is -0.352 e. The first-order valence-electron chi connectivity index (χ1n) is 5.52. The zero-order chi connectivity index (χ0) is 12.3. The second-order valence-electron chi connectivity index (χ2n) is 3.93. The lowest BCUT2D eigenvalue weighted by molar-refractivity contribution is -0.115. The SMILES string of the molecule is C=CCCNC(=O)c1ccc2c(c1)NC(=O)C2. The van der Waals surface area contributed by atoms with Gasteiger partial charge in [0.05, 0.1) is 6.42 Å². The number of hydrogen-bond donors (Lipinski definition) is 2. The van der Waals surface area contributed by atoms with Crippen LogP contribution in [0.4, 0.5) is 5.69 Å². The van der Waals surface area contributed by atoms with Crippen molar-refractivity contribution in [3.8, 4) is 0 Å². The van der Waals surface area contributed by atoms with Crippen LogP contribution in [0.15, 0.2) is 30.9 Å². The smallest absolute Gasteiger partial charge is 0.251 e. The zero-order valence-electron chi connectivity index (χ0n) is 9.45. The van der Waals surface area contributed by atoms with Gasteiger partial charge in [0.15, 0.2) is 0 Å². The summed E-state index contributed by atoms with van der Waals surface area (Å²) < 4.78 is 0. The molecular weight excluding hydrogens is 216 g/mol. The van der Waals surface area contributed by atoms with Gasteiger partial charge >= 0.3 is 0 Å². The van der Waals surface area contributed by atoms with E-state index in [0.29, 0.717) is 18.5 Å². The fourth-order valence-corrected chi connectivity index (χ4v) is 1.75.